The molecule has 39 heavy (non-hydrogen) atoms. The van der Waals surface area contributed by atoms with Crippen LogP contribution >= 0.6 is 0 Å². The van der Waals surface area contributed by atoms with Crippen molar-refractivity contribution in [3.63, 3.8) is 0 Å². The highest BCUT2D eigenvalue weighted by atomic mass is 16.4. The first-order valence-electron chi connectivity index (χ1n) is 14.8. The van der Waals surface area contributed by atoms with Crippen molar-refractivity contribution in [2.45, 2.75) is 34.0 Å². The molecule has 0 saturated heterocycles. The van der Waals surface area contributed by atoms with Gasteiger partial charge in [0.15, 0.2) is 11.2 Å². The third kappa shape index (κ3) is 3.23. The molecule has 0 N–H and O–H groups in total. The van der Waals surface area contributed by atoms with Gasteiger partial charge in [-0.25, -0.2) is 0 Å². The molecule has 190 valence electrons. The van der Waals surface area contributed by atoms with Gasteiger partial charge in [0.25, 0.3) is 0 Å². The number of benzene rings is 5. The van der Waals surface area contributed by atoms with Crippen LogP contribution in [0.15, 0.2) is 98.2 Å². The summed E-state index contributed by atoms with van der Waals surface area (Å²) in [6, 6.07) is 27.9. The van der Waals surface area contributed by atoms with Gasteiger partial charge < -0.3 is 13.3 Å². The molecule has 0 unspecified atom stereocenters. The summed E-state index contributed by atoms with van der Waals surface area (Å²) < 4.78 is 44.2. The third-order valence-electron chi connectivity index (χ3n) is 7.73. The van der Waals surface area contributed by atoms with Gasteiger partial charge in [-0.2, -0.15) is 0 Å². The summed E-state index contributed by atoms with van der Waals surface area (Å²) in [5.41, 5.74) is 7.37. The summed E-state index contributed by atoms with van der Waals surface area (Å²) in [5, 5.41) is 5.83. The Hall–Kier alpha value is -4.50. The van der Waals surface area contributed by atoms with Crippen molar-refractivity contribution in [1.82, 2.24) is 0 Å². The molecule has 0 aliphatic rings. The van der Waals surface area contributed by atoms with E-state index in [0.717, 1.165) is 65.8 Å². The predicted octanol–water partition coefficient (Wildman–Crippen LogP) is 10.9. The maximum atomic E-state index is 8.14. The summed E-state index contributed by atoms with van der Waals surface area (Å²) in [7, 11) is 0. The Morgan fingerprint density at radius 3 is 1.97 bits per heavy atom. The molecule has 0 bridgehead atoms. The normalized spacial score (nSPS) is 14.2. The van der Waals surface area contributed by atoms with Crippen LogP contribution in [0.1, 0.15) is 36.0 Å². The number of hydrogen-bond donors (Lipinski definition) is 0. The highest BCUT2D eigenvalue weighted by Crippen LogP contribution is 2.49. The molecule has 5 aromatic carbocycles. The first-order chi connectivity index (χ1) is 20.1. The van der Waals surface area contributed by atoms with Crippen LogP contribution in [-0.4, -0.2) is 0 Å². The number of aryl methyl sites for hydroxylation is 1. The zero-order valence-electron chi connectivity index (χ0n) is 25.0. The molecule has 0 aliphatic carbocycles. The third-order valence-corrected chi connectivity index (χ3v) is 7.73. The zero-order valence-corrected chi connectivity index (χ0v) is 22.0. The summed E-state index contributed by atoms with van der Waals surface area (Å²) in [6.45, 7) is 4.19. The van der Waals surface area contributed by atoms with Gasteiger partial charge in [0, 0.05) is 36.6 Å². The maximum absolute atomic E-state index is 8.14. The van der Waals surface area contributed by atoms with Crippen LogP contribution in [0.4, 0.5) is 0 Å². The van der Waals surface area contributed by atoms with Crippen molar-refractivity contribution in [3.05, 3.63) is 96.1 Å². The number of rotatable bonds is 2. The van der Waals surface area contributed by atoms with Crippen LogP contribution in [0.2, 0.25) is 0 Å². The second kappa shape index (κ2) is 7.77. The fourth-order valence-electron chi connectivity index (χ4n) is 6.13. The van der Waals surface area contributed by atoms with Crippen molar-refractivity contribution in [2.75, 3.05) is 0 Å². The van der Waals surface area contributed by atoms with Gasteiger partial charge in [-0.05, 0) is 47.5 Å². The molecule has 8 aromatic rings. The highest BCUT2D eigenvalue weighted by Gasteiger charge is 2.26. The summed E-state index contributed by atoms with van der Waals surface area (Å²) >= 11 is 0. The molecule has 0 atom stereocenters. The van der Waals surface area contributed by atoms with E-state index in [-0.39, 0.29) is 5.41 Å². The molecule has 3 aromatic heterocycles. The van der Waals surface area contributed by atoms with E-state index in [2.05, 4.69) is 39.0 Å². The van der Waals surface area contributed by atoms with Crippen molar-refractivity contribution in [2.24, 2.45) is 5.41 Å². The number of para-hydroxylation sites is 3. The standard InChI is InChI=1S/C36H28O3/c1-20-16-17-21(18-22(20)19-36(2,3)4)23-12-9-13-26-31-33-29(24-10-5-7-14-27(24)37-33)30-25-11-6-8-15-28(25)38-34(30)35(31)39-32(23)26/h5-18H,19H2,1-4H3/i1D3. The maximum Gasteiger partial charge on any atom is 0.182 e. The lowest BCUT2D eigenvalue weighted by Crippen LogP contribution is -2.10. The Morgan fingerprint density at radius 2 is 1.26 bits per heavy atom. The van der Waals surface area contributed by atoms with E-state index in [1.807, 2.05) is 60.7 Å². The Kier molecular flexibility index (Phi) is 3.89. The van der Waals surface area contributed by atoms with Gasteiger partial charge in [0.1, 0.15) is 22.3 Å². The van der Waals surface area contributed by atoms with Crippen LogP contribution in [0, 0.1) is 12.3 Å². The summed E-state index contributed by atoms with van der Waals surface area (Å²) in [5.74, 6) is 0. The highest BCUT2D eigenvalue weighted by molar-refractivity contribution is 6.37. The molecule has 0 fully saturated rings. The molecule has 0 aliphatic heterocycles. The Labute approximate surface area is 229 Å². The molecular formula is C36H28O3. The van der Waals surface area contributed by atoms with Gasteiger partial charge >= 0.3 is 0 Å². The van der Waals surface area contributed by atoms with Crippen molar-refractivity contribution in [3.8, 4) is 11.1 Å². The molecule has 0 amide bonds. The first-order valence-corrected chi connectivity index (χ1v) is 13.3. The molecule has 0 saturated carbocycles. The van der Waals surface area contributed by atoms with Gasteiger partial charge in [0.2, 0.25) is 0 Å². The van der Waals surface area contributed by atoms with E-state index in [1.165, 1.54) is 0 Å². The molecular weight excluding hydrogens is 480 g/mol. The lowest BCUT2D eigenvalue weighted by atomic mass is 9.85. The number of furan rings is 3. The van der Waals surface area contributed by atoms with Crippen LogP contribution < -0.4 is 0 Å². The van der Waals surface area contributed by atoms with E-state index in [4.69, 9.17) is 17.4 Å². The van der Waals surface area contributed by atoms with E-state index in [1.54, 1.807) is 6.07 Å². The topological polar surface area (TPSA) is 39.4 Å². The number of fused-ring (bicyclic) bond motifs is 12. The summed E-state index contributed by atoms with van der Waals surface area (Å²) in [4.78, 5) is 0. The SMILES string of the molecule is [2H]C([2H])([2H])c1ccc(-c2cccc3c2oc2c4oc5ccccc5c4c4c5ccccc5oc4c32)cc1CC(C)(C)C. The molecule has 3 heterocycles. The van der Waals surface area contributed by atoms with Gasteiger partial charge in [0.05, 0.1) is 5.39 Å². The average molecular weight is 512 g/mol. The fraction of sp³-hybridized carbons (Fsp3) is 0.167. The largest absolute Gasteiger partial charge is 0.455 e. The average Bonchev–Trinajstić information content (AvgIpc) is 3.62. The van der Waals surface area contributed by atoms with Crippen molar-refractivity contribution in [1.29, 1.82) is 0 Å². The van der Waals surface area contributed by atoms with Crippen molar-refractivity contribution >= 4 is 65.8 Å². The van der Waals surface area contributed by atoms with Crippen LogP contribution in [0.5, 0.6) is 0 Å². The molecule has 8 rings (SSSR count). The predicted molar refractivity (Wildman–Crippen MR) is 162 cm³/mol. The second-order valence-corrected chi connectivity index (χ2v) is 11.7. The monoisotopic (exact) mass is 511 g/mol. The zero-order chi connectivity index (χ0) is 29.0. The lowest BCUT2D eigenvalue weighted by molar-refractivity contribution is 0.410. The van der Waals surface area contributed by atoms with E-state index in [9.17, 15) is 0 Å². The van der Waals surface area contributed by atoms with Crippen LogP contribution in [0.25, 0.3) is 76.9 Å². The smallest absolute Gasteiger partial charge is 0.182 e. The first kappa shape index (κ1) is 19.6. The minimum atomic E-state index is -2.19. The molecule has 3 heteroatoms. The van der Waals surface area contributed by atoms with E-state index < -0.39 is 6.85 Å². The quantitative estimate of drug-likeness (QED) is 0.232. The fourth-order valence-corrected chi connectivity index (χ4v) is 6.13. The molecule has 0 radical (unpaired) electrons. The minimum Gasteiger partial charge on any atom is -0.455 e. The van der Waals surface area contributed by atoms with Gasteiger partial charge in [-0.3, -0.25) is 0 Å². The van der Waals surface area contributed by atoms with Gasteiger partial charge in [-0.15, -0.1) is 0 Å². The van der Waals surface area contributed by atoms with E-state index in [0.29, 0.717) is 28.7 Å². The van der Waals surface area contributed by atoms with Crippen LogP contribution in [-0.2, 0) is 6.42 Å². The van der Waals surface area contributed by atoms with E-state index >= 15 is 0 Å². The lowest BCUT2D eigenvalue weighted by Gasteiger charge is -2.20. The van der Waals surface area contributed by atoms with Crippen LogP contribution in [0.3, 0.4) is 0 Å². The van der Waals surface area contributed by atoms with Crippen molar-refractivity contribution < 1.29 is 17.4 Å². The summed E-state index contributed by atoms with van der Waals surface area (Å²) in [6.07, 6.45) is 0.643. The molecule has 3 nitrogen and oxygen atoms in total. The molecule has 0 spiro atoms. The van der Waals surface area contributed by atoms with Gasteiger partial charge in [-0.1, -0.05) is 93.6 Å². The second-order valence-electron chi connectivity index (χ2n) is 11.7. The number of hydrogen-bond acceptors (Lipinski definition) is 3. The minimum absolute atomic E-state index is 0.0796. The Morgan fingerprint density at radius 1 is 0.615 bits per heavy atom. The Balaban J connectivity index is 1.49. The Bertz CT molecular complexity index is 2360.